The van der Waals surface area contributed by atoms with E-state index in [1.54, 1.807) is 17.4 Å². The number of urea groups is 1. The van der Waals surface area contributed by atoms with Gasteiger partial charge in [0.15, 0.2) is 0 Å². The standard InChI is InChI=1S/C22H24N4O2S/c1-14-11-12-20(29-14)19-13-17(16-9-5-6-10-18(16)24-19)21(27)25-26-22(28)23-15-7-3-2-4-8-15/h5-6,9-13,15H,2-4,7-8H2,1H3,(H,25,27)(H2,23,26,28). The van der Waals surface area contributed by atoms with Gasteiger partial charge in [-0.3, -0.25) is 10.2 Å². The summed E-state index contributed by atoms with van der Waals surface area (Å²) >= 11 is 1.63. The van der Waals surface area contributed by atoms with Gasteiger partial charge >= 0.3 is 6.03 Å². The lowest BCUT2D eigenvalue weighted by atomic mass is 9.96. The third-order valence-electron chi connectivity index (χ3n) is 5.18. The van der Waals surface area contributed by atoms with E-state index >= 15 is 0 Å². The Morgan fingerprint density at radius 1 is 1.03 bits per heavy atom. The predicted molar refractivity (Wildman–Crippen MR) is 116 cm³/mol. The maximum Gasteiger partial charge on any atom is 0.333 e. The average molecular weight is 409 g/mol. The summed E-state index contributed by atoms with van der Waals surface area (Å²) in [5, 5.41) is 3.67. The second-order valence-electron chi connectivity index (χ2n) is 7.37. The van der Waals surface area contributed by atoms with Gasteiger partial charge in [-0.2, -0.15) is 0 Å². The van der Waals surface area contributed by atoms with Gasteiger partial charge in [0.05, 0.1) is 21.7 Å². The van der Waals surface area contributed by atoms with Crippen LogP contribution in [0.5, 0.6) is 0 Å². The lowest BCUT2D eigenvalue weighted by Gasteiger charge is -2.22. The van der Waals surface area contributed by atoms with Crippen molar-refractivity contribution in [2.75, 3.05) is 0 Å². The molecule has 2 aromatic heterocycles. The van der Waals surface area contributed by atoms with Crippen LogP contribution in [-0.4, -0.2) is 23.0 Å². The quantitative estimate of drug-likeness (QED) is 0.556. The Kier molecular flexibility index (Phi) is 5.76. The fourth-order valence-electron chi connectivity index (χ4n) is 3.71. The molecule has 2 heterocycles. The minimum atomic E-state index is -0.377. The number of rotatable bonds is 3. The molecule has 7 heteroatoms. The number of carbonyl (C=O) groups excluding carboxylic acids is 2. The SMILES string of the molecule is Cc1ccc(-c2cc(C(=O)NNC(=O)NC3CCCCC3)c3ccccc3n2)s1. The number of hydrogen-bond acceptors (Lipinski definition) is 4. The van der Waals surface area contributed by atoms with Crippen LogP contribution in [0.2, 0.25) is 0 Å². The fourth-order valence-corrected chi connectivity index (χ4v) is 4.54. The zero-order chi connectivity index (χ0) is 20.2. The van der Waals surface area contributed by atoms with Crippen LogP contribution in [-0.2, 0) is 0 Å². The molecule has 4 rings (SSSR count). The Hall–Kier alpha value is -2.93. The maximum absolute atomic E-state index is 12.9. The Bertz CT molecular complexity index is 1040. The van der Waals surface area contributed by atoms with Crippen molar-refractivity contribution < 1.29 is 9.59 Å². The van der Waals surface area contributed by atoms with E-state index in [2.05, 4.69) is 16.2 Å². The van der Waals surface area contributed by atoms with E-state index in [0.29, 0.717) is 5.56 Å². The maximum atomic E-state index is 12.9. The summed E-state index contributed by atoms with van der Waals surface area (Å²) in [7, 11) is 0. The summed E-state index contributed by atoms with van der Waals surface area (Å²) in [4.78, 5) is 31.9. The summed E-state index contributed by atoms with van der Waals surface area (Å²) in [5.74, 6) is -0.364. The number of amides is 3. The number of hydrazine groups is 1. The number of para-hydroxylation sites is 1. The largest absolute Gasteiger partial charge is 0.334 e. The topological polar surface area (TPSA) is 83.1 Å². The number of thiophene rings is 1. The zero-order valence-electron chi connectivity index (χ0n) is 16.3. The number of carbonyl (C=O) groups is 2. The van der Waals surface area contributed by atoms with Gasteiger partial charge in [-0.25, -0.2) is 15.2 Å². The Labute approximate surface area is 173 Å². The molecule has 1 aliphatic rings. The van der Waals surface area contributed by atoms with Crippen molar-refractivity contribution in [2.45, 2.75) is 45.1 Å². The molecule has 0 atom stereocenters. The first kappa shape index (κ1) is 19.4. The van der Waals surface area contributed by atoms with Crippen LogP contribution < -0.4 is 16.2 Å². The van der Waals surface area contributed by atoms with Gasteiger partial charge in [0.25, 0.3) is 5.91 Å². The first-order chi connectivity index (χ1) is 14.1. The third-order valence-corrected chi connectivity index (χ3v) is 6.21. The zero-order valence-corrected chi connectivity index (χ0v) is 17.1. The van der Waals surface area contributed by atoms with Crippen LogP contribution in [0.3, 0.4) is 0 Å². The number of pyridine rings is 1. The van der Waals surface area contributed by atoms with E-state index in [9.17, 15) is 9.59 Å². The molecule has 0 aliphatic heterocycles. The second-order valence-corrected chi connectivity index (χ2v) is 8.66. The molecule has 0 radical (unpaired) electrons. The number of aromatic nitrogens is 1. The van der Waals surface area contributed by atoms with Crippen molar-refractivity contribution in [3.8, 4) is 10.6 Å². The number of hydrogen-bond donors (Lipinski definition) is 3. The molecule has 0 spiro atoms. The lowest BCUT2D eigenvalue weighted by Crippen LogP contribution is -2.50. The molecular weight excluding hydrogens is 384 g/mol. The molecule has 0 bridgehead atoms. The summed E-state index contributed by atoms with van der Waals surface area (Å²) < 4.78 is 0. The van der Waals surface area contributed by atoms with Gasteiger partial charge in [0.1, 0.15) is 0 Å². The number of benzene rings is 1. The smallest absolute Gasteiger partial charge is 0.333 e. The minimum absolute atomic E-state index is 0.177. The van der Waals surface area contributed by atoms with Crippen molar-refractivity contribution in [3.05, 3.63) is 52.9 Å². The Morgan fingerprint density at radius 3 is 2.59 bits per heavy atom. The number of fused-ring (bicyclic) bond motifs is 1. The molecule has 1 aliphatic carbocycles. The van der Waals surface area contributed by atoms with E-state index in [0.717, 1.165) is 47.2 Å². The van der Waals surface area contributed by atoms with Crippen LogP contribution in [0.4, 0.5) is 4.79 Å². The first-order valence-corrected chi connectivity index (χ1v) is 10.8. The number of nitrogens with zero attached hydrogens (tertiary/aromatic N) is 1. The second kappa shape index (κ2) is 8.61. The van der Waals surface area contributed by atoms with Crippen LogP contribution in [0.15, 0.2) is 42.5 Å². The van der Waals surface area contributed by atoms with Crippen LogP contribution >= 0.6 is 11.3 Å². The molecule has 0 saturated heterocycles. The van der Waals surface area contributed by atoms with Crippen molar-refractivity contribution in [1.82, 2.24) is 21.2 Å². The highest BCUT2D eigenvalue weighted by atomic mass is 32.1. The molecule has 3 aromatic rings. The van der Waals surface area contributed by atoms with Crippen LogP contribution in [0.1, 0.15) is 47.3 Å². The third kappa shape index (κ3) is 4.56. The van der Waals surface area contributed by atoms with Gasteiger partial charge in [-0.15, -0.1) is 11.3 Å². The highest BCUT2D eigenvalue weighted by Gasteiger charge is 2.18. The average Bonchev–Trinajstić information content (AvgIpc) is 3.18. The number of aryl methyl sites for hydroxylation is 1. The molecule has 150 valence electrons. The monoisotopic (exact) mass is 408 g/mol. The first-order valence-electron chi connectivity index (χ1n) is 9.93. The molecule has 0 unspecified atom stereocenters. The van der Waals surface area contributed by atoms with Crippen molar-refractivity contribution in [1.29, 1.82) is 0 Å². The Balaban J connectivity index is 1.52. The summed E-state index contributed by atoms with van der Waals surface area (Å²) in [6.45, 7) is 2.04. The van der Waals surface area contributed by atoms with E-state index in [-0.39, 0.29) is 18.0 Å². The van der Waals surface area contributed by atoms with Gasteiger partial charge in [0.2, 0.25) is 0 Å². The number of nitrogens with one attached hydrogen (secondary N) is 3. The van der Waals surface area contributed by atoms with Gasteiger partial charge < -0.3 is 5.32 Å². The summed E-state index contributed by atoms with van der Waals surface area (Å²) in [5.41, 5.74) is 7.00. The van der Waals surface area contributed by atoms with E-state index in [1.807, 2.05) is 43.3 Å². The fraction of sp³-hybridized carbons (Fsp3) is 0.318. The minimum Gasteiger partial charge on any atom is -0.334 e. The molecule has 3 N–H and O–H groups in total. The molecular formula is C22H24N4O2S. The van der Waals surface area contributed by atoms with Crippen LogP contribution in [0, 0.1) is 6.92 Å². The predicted octanol–water partition coefficient (Wildman–Crippen LogP) is 4.55. The lowest BCUT2D eigenvalue weighted by molar-refractivity contribution is 0.0937. The molecule has 6 nitrogen and oxygen atoms in total. The van der Waals surface area contributed by atoms with Gasteiger partial charge in [-0.1, -0.05) is 37.5 Å². The normalized spacial score (nSPS) is 14.5. The van der Waals surface area contributed by atoms with Crippen LogP contribution in [0.25, 0.3) is 21.5 Å². The molecule has 1 saturated carbocycles. The van der Waals surface area contributed by atoms with Crippen molar-refractivity contribution >= 4 is 34.2 Å². The van der Waals surface area contributed by atoms with Crippen molar-refractivity contribution in [2.24, 2.45) is 0 Å². The molecule has 1 fully saturated rings. The summed E-state index contributed by atoms with van der Waals surface area (Å²) in [6.07, 6.45) is 5.45. The van der Waals surface area contributed by atoms with E-state index in [4.69, 9.17) is 4.98 Å². The van der Waals surface area contributed by atoms with E-state index in [1.165, 1.54) is 11.3 Å². The Morgan fingerprint density at radius 2 is 1.83 bits per heavy atom. The van der Waals surface area contributed by atoms with Gasteiger partial charge in [0, 0.05) is 16.3 Å². The van der Waals surface area contributed by atoms with Crippen molar-refractivity contribution in [3.63, 3.8) is 0 Å². The van der Waals surface area contributed by atoms with Gasteiger partial charge in [-0.05, 0) is 44.0 Å². The molecule has 1 aromatic carbocycles. The highest BCUT2D eigenvalue weighted by Crippen LogP contribution is 2.29. The summed E-state index contributed by atoms with van der Waals surface area (Å²) in [6, 6.07) is 13.2. The molecule has 29 heavy (non-hydrogen) atoms. The van der Waals surface area contributed by atoms with E-state index < -0.39 is 0 Å². The highest BCUT2D eigenvalue weighted by molar-refractivity contribution is 7.15. The molecule has 3 amide bonds.